The lowest BCUT2D eigenvalue weighted by Gasteiger charge is -2.30. The van der Waals surface area contributed by atoms with Gasteiger partial charge in [-0.2, -0.15) is 10.2 Å². The van der Waals surface area contributed by atoms with Crippen molar-refractivity contribution in [1.82, 2.24) is 0 Å². The summed E-state index contributed by atoms with van der Waals surface area (Å²) in [6, 6.07) is 0. The zero-order chi connectivity index (χ0) is 8.70. The zero-order valence-electron chi connectivity index (χ0n) is 8.18. The Morgan fingerprint density at radius 3 is 2.00 bits per heavy atom. The minimum Gasteiger partial charge on any atom is -0.159 e. The van der Waals surface area contributed by atoms with Gasteiger partial charge < -0.3 is 0 Å². The molecule has 1 aliphatic rings. The average molecular weight is 154 g/mol. The molecular weight excluding hydrogens is 136 g/mol. The third kappa shape index (κ3) is 2.01. The normalized spacial score (nSPS) is 20.9. The predicted octanol–water partition coefficient (Wildman–Crippen LogP) is 3.24. The van der Waals surface area contributed by atoms with Crippen molar-refractivity contribution in [3.63, 3.8) is 0 Å². The van der Waals surface area contributed by atoms with E-state index in [2.05, 4.69) is 44.8 Å². The van der Waals surface area contributed by atoms with Crippen molar-refractivity contribution < 1.29 is 0 Å². The summed E-state index contributed by atoms with van der Waals surface area (Å²) >= 11 is 0. The summed E-state index contributed by atoms with van der Waals surface area (Å²) < 4.78 is 0. The molecule has 0 aliphatic carbocycles. The molecule has 1 aliphatic heterocycles. The second-order valence-electron chi connectivity index (χ2n) is 4.74. The van der Waals surface area contributed by atoms with Crippen LogP contribution in [0.2, 0.25) is 0 Å². The van der Waals surface area contributed by atoms with E-state index in [0.717, 1.165) is 6.42 Å². The van der Waals surface area contributed by atoms with Crippen LogP contribution in [0.5, 0.6) is 0 Å². The molecule has 0 unspecified atom stereocenters. The number of hydrogen-bond donors (Lipinski definition) is 0. The van der Waals surface area contributed by atoms with Crippen LogP contribution in [0.4, 0.5) is 0 Å². The Bertz CT molecular complexity index is 174. The van der Waals surface area contributed by atoms with Gasteiger partial charge in [-0.1, -0.05) is 27.7 Å². The molecule has 0 atom stereocenters. The summed E-state index contributed by atoms with van der Waals surface area (Å²) in [7, 11) is 0. The van der Waals surface area contributed by atoms with Crippen LogP contribution in [0.3, 0.4) is 0 Å². The fourth-order valence-corrected chi connectivity index (χ4v) is 1.22. The Kier molecular flexibility index (Phi) is 1.81. The molecule has 1 heterocycles. The van der Waals surface area contributed by atoms with Gasteiger partial charge in [0.25, 0.3) is 0 Å². The van der Waals surface area contributed by atoms with Crippen molar-refractivity contribution in [2.45, 2.75) is 46.7 Å². The van der Waals surface area contributed by atoms with Gasteiger partial charge in [0.2, 0.25) is 0 Å². The summed E-state index contributed by atoms with van der Waals surface area (Å²) in [6.45, 7) is 11.2. The highest BCUT2D eigenvalue weighted by Crippen LogP contribution is 2.42. The first kappa shape index (κ1) is 8.69. The van der Waals surface area contributed by atoms with E-state index in [9.17, 15) is 0 Å². The maximum Gasteiger partial charge on any atom is 0.188 e. The first-order valence-electron chi connectivity index (χ1n) is 4.30. The first-order chi connectivity index (χ1) is 4.86. The fourth-order valence-electron chi connectivity index (χ4n) is 1.22. The van der Waals surface area contributed by atoms with Crippen LogP contribution < -0.4 is 0 Å². The molecule has 0 saturated carbocycles. The molecule has 0 aromatic carbocycles. The molecule has 11 heavy (non-hydrogen) atoms. The second-order valence-corrected chi connectivity index (χ2v) is 4.74. The Morgan fingerprint density at radius 2 is 1.73 bits per heavy atom. The van der Waals surface area contributed by atoms with E-state index >= 15 is 0 Å². The van der Waals surface area contributed by atoms with Gasteiger partial charge in [0.15, 0.2) is 5.66 Å². The Hall–Kier alpha value is -0.400. The maximum atomic E-state index is 4.03. The zero-order valence-corrected chi connectivity index (χ0v) is 8.18. The highest BCUT2D eigenvalue weighted by atomic mass is 15.4. The van der Waals surface area contributed by atoms with E-state index in [-0.39, 0.29) is 5.66 Å². The lowest BCUT2D eigenvalue weighted by Crippen LogP contribution is -2.25. The van der Waals surface area contributed by atoms with E-state index in [1.807, 2.05) is 0 Å². The topological polar surface area (TPSA) is 24.7 Å². The average Bonchev–Trinajstić information content (AvgIpc) is 2.45. The summed E-state index contributed by atoms with van der Waals surface area (Å²) in [4.78, 5) is 0. The molecule has 1 rings (SSSR count). The standard InChI is InChI=1S/C9H18N2/c1-7(2)8(3,4)6-9(5)10-11-9/h7H,6H2,1-5H3. The molecule has 0 amide bonds. The van der Waals surface area contributed by atoms with Crippen LogP contribution in [-0.4, -0.2) is 5.66 Å². The van der Waals surface area contributed by atoms with E-state index in [1.165, 1.54) is 0 Å². The van der Waals surface area contributed by atoms with Gasteiger partial charge in [0, 0.05) is 6.42 Å². The third-order valence-corrected chi connectivity index (χ3v) is 2.79. The molecule has 0 saturated heterocycles. The van der Waals surface area contributed by atoms with Crippen molar-refractivity contribution in [3.05, 3.63) is 0 Å². The molecule has 0 radical (unpaired) electrons. The summed E-state index contributed by atoms with van der Waals surface area (Å²) in [6.07, 6.45) is 1.08. The molecule has 0 aromatic rings. The van der Waals surface area contributed by atoms with Gasteiger partial charge in [-0.3, -0.25) is 0 Å². The van der Waals surface area contributed by atoms with Gasteiger partial charge in [0.1, 0.15) is 0 Å². The van der Waals surface area contributed by atoms with Gasteiger partial charge in [-0.25, -0.2) is 0 Å². The van der Waals surface area contributed by atoms with Gasteiger partial charge >= 0.3 is 0 Å². The van der Waals surface area contributed by atoms with Crippen LogP contribution in [0, 0.1) is 11.3 Å². The van der Waals surface area contributed by atoms with Crippen LogP contribution >= 0.6 is 0 Å². The molecule has 64 valence electrons. The summed E-state index contributed by atoms with van der Waals surface area (Å²) in [5.41, 5.74) is 0.325. The van der Waals surface area contributed by atoms with Gasteiger partial charge in [-0.15, -0.1) is 0 Å². The second kappa shape index (κ2) is 2.29. The van der Waals surface area contributed by atoms with Crippen molar-refractivity contribution in [2.75, 3.05) is 0 Å². The van der Waals surface area contributed by atoms with E-state index in [1.54, 1.807) is 0 Å². The van der Waals surface area contributed by atoms with Gasteiger partial charge in [0.05, 0.1) is 0 Å². The van der Waals surface area contributed by atoms with Crippen LogP contribution in [0.15, 0.2) is 10.2 Å². The molecule has 0 spiro atoms. The highest BCUT2D eigenvalue weighted by Gasteiger charge is 2.40. The fraction of sp³-hybridized carbons (Fsp3) is 1.00. The predicted molar refractivity (Wildman–Crippen MR) is 46.5 cm³/mol. The Morgan fingerprint density at radius 1 is 1.27 bits per heavy atom. The highest BCUT2D eigenvalue weighted by molar-refractivity contribution is 4.93. The van der Waals surface area contributed by atoms with Crippen molar-refractivity contribution in [2.24, 2.45) is 21.6 Å². The lowest BCUT2D eigenvalue weighted by atomic mass is 9.75. The Balaban J connectivity index is 2.46. The van der Waals surface area contributed by atoms with E-state index in [0.29, 0.717) is 11.3 Å². The first-order valence-corrected chi connectivity index (χ1v) is 4.30. The van der Waals surface area contributed by atoms with Crippen LogP contribution in [0.1, 0.15) is 41.0 Å². The summed E-state index contributed by atoms with van der Waals surface area (Å²) in [5, 5.41) is 8.05. The monoisotopic (exact) mass is 154 g/mol. The SMILES string of the molecule is CC(C)C(C)(C)CC1(C)N=N1. The molecular formula is C9H18N2. The molecule has 0 aromatic heterocycles. The summed E-state index contributed by atoms with van der Waals surface area (Å²) in [5.74, 6) is 0.699. The smallest absolute Gasteiger partial charge is 0.159 e. The minimum atomic E-state index is -0.0340. The largest absolute Gasteiger partial charge is 0.188 e. The van der Waals surface area contributed by atoms with E-state index in [4.69, 9.17) is 0 Å². The Labute approximate surface area is 69.1 Å². The molecule has 2 heteroatoms. The van der Waals surface area contributed by atoms with Crippen molar-refractivity contribution in [1.29, 1.82) is 0 Å². The van der Waals surface area contributed by atoms with Crippen LogP contribution in [0.25, 0.3) is 0 Å². The molecule has 0 bridgehead atoms. The lowest BCUT2D eigenvalue weighted by molar-refractivity contribution is 0.203. The minimum absolute atomic E-state index is 0.0340. The molecule has 0 fully saturated rings. The number of hydrogen-bond acceptors (Lipinski definition) is 2. The molecule has 2 nitrogen and oxygen atoms in total. The quantitative estimate of drug-likeness (QED) is 0.596. The number of nitrogens with zero attached hydrogens (tertiary/aromatic N) is 2. The third-order valence-electron chi connectivity index (χ3n) is 2.79. The molecule has 0 N–H and O–H groups in total. The van der Waals surface area contributed by atoms with Crippen molar-refractivity contribution >= 4 is 0 Å². The van der Waals surface area contributed by atoms with Gasteiger partial charge in [-0.05, 0) is 18.3 Å². The van der Waals surface area contributed by atoms with E-state index < -0.39 is 0 Å². The van der Waals surface area contributed by atoms with Crippen molar-refractivity contribution in [3.8, 4) is 0 Å². The number of rotatable bonds is 3. The van der Waals surface area contributed by atoms with Crippen LogP contribution in [-0.2, 0) is 0 Å². The maximum absolute atomic E-state index is 4.03.